The minimum atomic E-state index is 0.380. The quantitative estimate of drug-likeness (QED) is 0.652. The van der Waals surface area contributed by atoms with Gasteiger partial charge in [0.2, 0.25) is 0 Å². The largest absolute Gasteiger partial charge is 0.374 e. The lowest BCUT2D eigenvalue weighted by molar-refractivity contribution is -0.0415. The van der Waals surface area contributed by atoms with Crippen LogP contribution in [0.4, 0.5) is 0 Å². The fraction of sp³-hybridized carbons (Fsp3) is 1.00. The molecule has 1 saturated heterocycles. The minimum absolute atomic E-state index is 0.380. The third kappa shape index (κ3) is 8.20. The van der Waals surface area contributed by atoms with E-state index in [4.69, 9.17) is 4.74 Å². The van der Waals surface area contributed by atoms with Gasteiger partial charge in [0.1, 0.15) is 0 Å². The lowest BCUT2D eigenvalue weighted by Gasteiger charge is -2.35. The predicted molar refractivity (Wildman–Crippen MR) is 86.3 cm³/mol. The summed E-state index contributed by atoms with van der Waals surface area (Å²) in [5, 5.41) is 3.48. The minimum Gasteiger partial charge on any atom is -0.374 e. The molecule has 0 saturated carbocycles. The molecular formula is C16H35N3O. The van der Waals surface area contributed by atoms with E-state index in [0.717, 1.165) is 45.2 Å². The molecule has 20 heavy (non-hydrogen) atoms. The smallest absolute Gasteiger partial charge is 0.0829 e. The Morgan fingerprint density at radius 2 is 2.05 bits per heavy atom. The predicted octanol–water partition coefficient (Wildman–Crippen LogP) is 1.66. The molecule has 1 atom stereocenters. The molecule has 4 nitrogen and oxygen atoms in total. The maximum atomic E-state index is 5.91. The first-order valence-corrected chi connectivity index (χ1v) is 8.23. The third-order valence-corrected chi connectivity index (χ3v) is 3.62. The van der Waals surface area contributed by atoms with Gasteiger partial charge in [-0.1, -0.05) is 27.7 Å². The molecule has 1 aliphatic rings. The van der Waals surface area contributed by atoms with Gasteiger partial charge in [-0.05, 0) is 32.5 Å². The SMILES string of the molecule is CC(C)CN(C)CC1CN(CCCNC(C)C)CCO1. The van der Waals surface area contributed by atoms with Crippen LogP contribution in [0.2, 0.25) is 0 Å². The summed E-state index contributed by atoms with van der Waals surface area (Å²) in [5.41, 5.74) is 0. The van der Waals surface area contributed by atoms with Crippen molar-refractivity contribution in [3.8, 4) is 0 Å². The second-order valence-corrected chi connectivity index (χ2v) is 6.87. The molecule has 1 N–H and O–H groups in total. The van der Waals surface area contributed by atoms with Gasteiger partial charge in [-0.25, -0.2) is 0 Å². The van der Waals surface area contributed by atoms with Gasteiger partial charge in [0, 0.05) is 32.2 Å². The summed E-state index contributed by atoms with van der Waals surface area (Å²) >= 11 is 0. The molecule has 1 unspecified atom stereocenters. The van der Waals surface area contributed by atoms with Crippen molar-refractivity contribution in [2.75, 3.05) is 52.9 Å². The summed E-state index contributed by atoms with van der Waals surface area (Å²) in [6.45, 7) is 16.5. The zero-order chi connectivity index (χ0) is 15.0. The number of hydrogen-bond donors (Lipinski definition) is 1. The highest BCUT2D eigenvalue weighted by molar-refractivity contribution is 4.74. The fourth-order valence-electron chi connectivity index (χ4n) is 2.83. The highest BCUT2D eigenvalue weighted by atomic mass is 16.5. The van der Waals surface area contributed by atoms with Crippen LogP contribution in [0.3, 0.4) is 0 Å². The summed E-state index contributed by atoms with van der Waals surface area (Å²) in [6.07, 6.45) is 1.61. The highest BCUT2D eigenvalue weighted by Crippen LogP contribution is 2.08. The molecular weight excluding hydrogens is 250 g/mol. The summed E-state index contributed by atoms with van der Waals surface area (Å²) in [7, 11) is 2.20. The van der Waals surface area contributed by atoms with Crippen LogP contribution in [0, 0.1) is 5.92 Å². The van der Waals surface area contributed by atoms with Crippen LogP contribution in [0.5, 0.6) is 0 Å². The van der Waals surface area contributed by atoms with E-state index in [1.54, 1.807) is 0 Å². The van der Waals surface area contributed by atoms with E-state index in [-0.39, 0.29) is 0 Å². The second kappa shape index (κ2) is 9.72. The van der Waals surface area contributed by atoms with Crippen molar-refractivity contribution in [2.45, 2.75) is 46.3 Å². The van der Waals surface area contributed by atoms with Crippen LogP contribution in [0.15, 0.2) is 0 Å². The first-order chi connectivity index (χ1) is 9.47. The maximum Gasteiger partial charge on any atom is 0.0829 e. The van der Waals surface area contributed by atoms with Gasteiger partial charge in [0.25, 0.3) is 0 Å². The molecule has 0 aliphatic carbocycles. The molecule has 0 bridgehead atoms. The monoisotopic (exact) mass is 285 g/mol. The molecule has 0 radical (unpaired) electrons. The van der Waals surface area contributed by atoms with Gasteiger partial charge in [-0.15, -0.1) is 0 Å². The molecule has 4 heteroatoms. The number of rotatable bonds is 9. The van der Waals surface area contributed by atoms with Crippen LogP contribution in [0.1, 0.15) is 34.1 Å². The maximum absolute atomic E-state index is 5.91. The van der Waals surface area contributed by atoms with Crippen molar-refractivity contribution < 1.29 is 4.74 Å². The zero-order valence-corrected chi connectivity index (χ0v) is 14.2. The molecule has 0 aromatic carbocycles. The van der Waals surface area contributed by atoms with E-state index >= 15 is 0 Å². The molecule has 0 spiro atoms. The normalized spacial score (nSPS) is 21.3. The van der Waals surface area contributed by atoms with Crippen molar-refractivity contribution >= 4 is 0 Å². The number of ether oxygens (including phenoxy) is 1. The summed E-state index contributed by atoms with van der Waals surface area (Å²) < 4.78 is 5.91. The standard InChI is InChI=1S/C16H35N3O/c1-14(2)11-18(5)12-16-13-19(9-10-20-16)8-6-7-17-15(3)4/h14-17H,6-13H2,1-5H3. The van der Waals surface area contributed by atoms with Crippen LogP contribution in [-0.2, 0) is 4.74 Å². The molecule has 1 fully saturated rings. The lowest BCUT2D eigenvalue weighted by Crippen LogP contribution is -2.47. The van der Waals surface area contributed by atoms with Crippen LogP contribution in [0.25, 0.3) is 0 Å². The average Bonchev–Trinajstić information content (AvgIpc) is 2.33. The first kappa shape index (κ1) is 17.9. The van der Waals surface area contributed by atoms with Gasteiger partial charge in [0.05, 0.1) is 12.7 Å². The van der Waals surface area contributed by atoms with E-state index in [1.807, 2.05) is 0 Å². The second-order valence-electron chi connectivity index (χ2n) is 6.87. The third-order valence-electron chi connectivity index (χ3n) is 3.62. The van der Waals surface area contributed by atoms with Gasteiger partial charge < -0.3 is 15.0 Å². The molecule has 1 aliphatic heterocycles. The zero-order valence-electron chi connectivity index (χ0n) is 14.2. The Morgan fingerprint density at radius 3 is 2.70 bits per heavy atom. The first-order valence-electron chi connectivity index (χ1n) is 8.23. The van der Waals surface area contributed by atoms with Gasteiger partial charge in [-0.2, -0.15) is 0 Å². The van der Waals surface area contributed by atoms with Gasteiger partial charge in [0.15, 0.2) is 0 Å². The van der Waals surface area contributed by atoms with Crippen molar-refractivity contribution in [3.05, 3.63) is 0 Å². The number of nitrogens with zero attached hydrogens (tertiary/aromatic N) is 2. The van der Waals surface area contributed by atoms with Crippen molar-refractivity contribution in [2.24, 2.45) is 5.92 Å². The molecule has 1 rings (SSSR count). The lowest BCUT2D eigenvalue weighted by atomic mass is 10.2. The molecule has 0 aromatic rings. The summed E-state index contributed by atoms with van der Waals surface area (Å²) in [5.74, 6) is 0.724. The molecule has 1 heterocycles. The van der Waals surface area contributed by atoms with Gasteiger partial charge in [-0.3, -0.25) is 4.90 Å². The Hall–Kier alpha value is -0.160. The molecule has 0 amide bonds. The highest BCUT2D eigenvalue weighted by Gasteiger charge is 2.21. The van der Waals surface area contributed by atoms with E-state index in [9.17, 15) is 0 Å². The van der Waals surface area contributed by atoms with Gasteiger partial charge >= 0.3 is 0 Å². The Kier molecular flexibility index (Phi) is 8.69. The summed E-state index contributed by atoms with van der Waals surface area (Å²) in [6, 6.07) is 0.595. The van der Waals surface area contributed by atoms with E-state index in [1.165, 1.54) is 13.0 Å². The van der Waals surface area contributed by atoms with Crippen molar-refractivity contribution in [1.82, 2.24) is 15.1 Å². The van der Waals surface area contributed by atoms with Crippen molar-refractivity contribution in [3.63, 3.8) is 0 Å². The van der Waals surface area contributed by atoms with Crippen LogP contribution in [-0.4, -0.2) is 74.9 Å². The molecule has 120 valence electrons. The van der Waals surface area contributed by atoms with Crippen LogP contribution >= 0.6 is 0 Å². The summed E-state index contributed by atoms with van der Waals surface area (Å²) in [4.78, 5) is 4.96. The fourth-order valence-corrected chi connectivity index (χ4v) is 2.83. The van der Waals surface area contributed by atoms with Crippen LogP contribution < -0.4 is 5.32 Å². The molecule has 0 aromatic heterocycles. The topological polar surface area (TPSA) is 27.7 Å². The van der Waals surface area contributed by atoms with E-state index in [0.29, 0.717) is 12.1 Å². The average molecular weight is 285 g/mol. The Bertz CT molecular complexity index is 246. The Balaban J connectivity index is 2.18. The number of nitrogens with one attached hydrogen (secondary N) is 1. The Morgan fingerprint density at radius 1 is 1.30 bits per heavy atom. The Labute approximate surface area is 125 Å². The number of likely N-dealkylation sites (N-methyl/N-ethyl adjacent to an activating group) is 1. The number of morpholine rings is 1. The van der Waals surface area contributed by atoms with E-state index in [2.05, 4.69) is 49.9 Å². The number of hydrogen-bond acceptors (Lipinski definition) is 4. The van der Waals surface area contributed by atoms with E-state index < -0.39 is 0 Å². The van der Waals surface area contributed by atoms with Crippen molar-refractivity contribution in [1.29, 1.82) is 0 Å².